The number of halogens is 1. The second-order valence-corrected chi connectivity index (χ2v) is 9.01. The standard InChI is InChI=1S/C26H32FN3O4/c1-28-12-14-29(15-13-28)25(31)17-20-18-30(11-10-23(20)34-21-6-4-3-5-7-21)26(32)19-8-9-24(33-2)22(27)16-19/h3-9,16,20,23H,10-15,17-18H2,1-2H3/t20-,23-/m0/s1. The van der Waals surface area contributed by atoms with E-state index in [4.69, 9.17) is 9.47 Å². The number of likely N-dealkylation sites (N-methyl/N-ethyl adjacent to an activating group) is 1. The van der Waals surface area contributed by atoms with Crippen molar-refractivity contribution in [2.24, 2.45) is 5.92 Å². The third-order valence-corrected chi connectivity index (χ3v) is 6.67. The number of rotatable bonds is 6. The Morgan fingerprint density at radius 1 is 1.00 bits per heavy atom. The second kappa shape index (κ2) is 10.9. The van der Waals surface area contributed by atoms with Crippen LogP contribution in [0.2, 0.25) is 0 Å². The molecule has 2 aromatic rings. The third kappa shape index (κ3) is 5.67. The highest BCUT2D eigenvalue weighted by Gasteiger charge is 2.36. The number of hydrogen-bond acceptors (Lipinski definition) is 5. The minimum Gasteiger partial charge on any atom is -0.494 e. The molecule has 4 rings (SSSR count). The van der Waals surface area contributed by atoms with Crippen LogP contribution in [0, 0.1) is 11.7 Å². The minimum atomic E-state index is -0.572. The first kappa shape index (κ1) is 24.0. The molecule has 34 heavy (non-hydrogen) atoms. The predicted molar refractivity (Wildman–Crippen MR) is 127 cm³/mol. The maximum Gasteiger partial charge on any atom is 0.253 e. The molecule has 182 valence electrons. The van der Waals surface area contributed by atoms with Crippen LogP contribution in [-0.2, 0) is 4.79 Å². The molecule has 0 saturated carbocycles. The van der Waals surface area contributed by atoms with Crippen LogP contribution in [0.15, 0.2) is 48.5 Å². The van der Waals surface area contributed by atoms with E-state index in [1.54, 1.807) is 11.0 Å². The SMILES string of the molecule is COc1ccc(C(=O)N2CC[C@H](Oc3ccccc3)[C@@H](CC(=O)N3CCN(C)CC3)C2)cc1F. The van der Waals surface area contributed by atoms with Gasteiger partial charge >= 0.3 is 0 Å². The summed E-state index contributed by atoms with van der Waals surface area (Å²) in [6.45, 7) is 3.98. The van der Waals surface area contributed by atoms with Gasteiger partial charge in [-0.2, -0.15) is 0 Å². The molecule has 2 aliphatic heterocycles. The van der Waals surface area contributed by atoms with Gasteiger partial charge in [0.1, 0.15) is 11.9 Å². The molecular weight excluding hydrogens is 437 g/mol. The first-order chi connectivity index (χ1) is 16.4. The molecule has 2 heterocycles. The number of para-hydroxylation sites is 1. The van der Waals surface area contributed by atoms with E-state index in [1.807, 2.05) is 35.2 Å². The Hall–Kier alpha value is -3.13. The number of benzene rings is 2. The van der Waals surface area contributed by atoms with E-state index in [2.05, 4.69) is 11.9 Å². The molecule has 0 radical (unpaired) electrons. The lowest BCUT2D eigenvalue weighted by Gasteiger charge is -2.40. The highest BCUT2D eigenvalue weighted by Crippen LogP contribution is 2.28. The molecule has 2 aliphatic rings. The summed E-state index contributed by atoms with van der Waals surface area (Å²) in [7, 11) is 3.44. The quantitative estimate of drug-likeness (QED) is 0.651. The predicted octanol–water partition coefficient (Wildman–Crippen LogP) is 2.91. The van der Waals surface area contributed by atoms with Crippen molar-refractivity contribution in [2.45, 2.75) is 18.9 Å². The number of piperidine rings is 1. The summed E-state index contributed by atoms with van der Waals surface area (Å²) in [5.41, 5.74) is 0.268. The number of methoxy groups -OCH3 is 1. The Balaban J connectivity index is 1.48. The monoisotopic (exact) mass is 469 g/mol. The number of piperazine rings is 1. The van der Waals surface area contributed by atoms with Crippen molar-refractivity contribution < 1.29 is 23.5 Å². The van der Waals surface area contributed by atoms with Gasteiger partial charge in [-0.15, -0.1) is 0 Å². The molecular formula is C26H32FN3O4. The van der Waals surface area contributed by atoms with Gasteiger partial charge in [0.15, 0.2) is 11.6 Å². The summed E-state index contributed by atoms with van der Waals surface area (Å²) in [5, 5.41) is 0. The highest BCUT2D eigenvalue weighted by molar-refractivity contribution is 5.94. The van der Waals surface area contributed by atoms with E-state index in [0.717, 1.165) is 18.8 Å². The molecule has 7 nitrogen and oxygen atoms in total. The van der Waals surface area contributed by atoms with E-state index in [-0.39, 0.29) is 35.1 Å². The van der Waals surface area contributed by atoms with Crippen LogP contribution >= 0.6 is 0 Å². The van der Waals surface area contributed by atoms with Crippen molar-refractivity contribution in [1.82, 2.24) is 14.7 Å². The molecule has 0 unspecified atom stereocenters. The Labute approximate surface area is 200 Å². The fourth-order valence-corrected chi connectivity index (χ4v) is 4.61. The summed E-state index contributed by atoms with van der Waals surface area (Å²) in [6.07, 6.45) is 0.720. The fraction of sp³-hybridized carbons (Fsp3) is 0.462. The molecule has 0 spiro atoms. The fourth-order valence-electron chi connectivity index (χ4n) is 4.61. The van der Waals surface area contributed by atoms with Gasteiger partial charge in [0.2, 0.25) is 5.91 Å². The van der Waals surface area contributed by atoms with Crippen LogP contribution in [0.3, 0.4) is 0 Å². The zero-order valence-corrected chi connectivity index (χ0v) is 19.8. The number of nitrogens with zero attached hydrogens (tertiary/aromatic N) is 3. The molecule has 2 saturated heterocycles. The first-order valence-electron chi connectivity index (χ1n) is 11.8. The molecule has 0 bridgehead atoms. The van der Waals surface area contributed by atoms with E-state index >= 15 is 0 Å². The number of hydrogen-bond donors (Lipinski definition) is 0. The first-order valence-corrected chi connectivity index (χ1v) is 11.8. The van der Waals surface area contributed by atoms with Gasteiger partial charge in [-0.25, -0.2) is 4.39 Å². The van der Waals surface area contributed by atoms with Crippen LogP contribution in [0.25, 0.3) is 0 Å². The number of ether oxygens (including phenoxy) is 2. The molecule has 2 amide bonds. The molecule has 0 aliphatic carbocycles. The van der Waals surface area contributed by atoms with E-state index in [9.17, 15) is 14.0 Å². The summed E-state index contributed by atoms with van der Waals surface area (Å²) < 4.78 is 25.4. The third-order valence-electron chi connectivity index (χ3n) is 6.67. The Morgan fingerprint density at radius 3 is 2.41 bits per heavy atom. The van der Waals surface area contributed by atoms with Crippen molar-refractivity contribution in [2.75, 3.05) is 53.4 Å². The zero-order valence-electron chi connectivity index (χ0n) is 19.8. The van der Waals surface area contributed by atoms with Crippen molar-refractivity contribution in [1.29, 1.82) is 0 Å². The highest BCUT2D eigenvalue weighted by atomic mass is 19.1. The second-order valence-electron chi connectivity index (χ2n) is 9.01. The van der Waals surface area contributed by atoms with Crippen molar-refractivity contribution in [3.05, 3.63) is 59.9 Å². The lowest BCUT2D eigenvalue weighted by atomic mass is 9.90. The van der Waals surface area contributed by atoms with Crippen molar-refractivity contribution in [3.63, 3.8) is 0 Å². The van der Waals surface area contributed by atoms with E-state index in [0.29, 0.717) is 39.0 Å². The zero-order chi connectivity index (χ0) is 24.1. The van der Waals surface area contributed by atoms with Crippen LogP contribution in [-0.4, -0.2) is 86.0 Å². The van der Waals surface area contributed by atoms with Crippen molar-refractivity contribution in [3.8, 4) is 11.5 Å². The topological polar surface area (TPSA) is 62.3 Å². The molecule has 2 atom stereocenters. The maximum atomic E-state index is 14.2. The van der Waals surface area contributed by atoms with Gasteiger partial charge in [-0.05, 0) is 37.4 Å². The number of likely N-dealkylation sites (tertiary alicyclic amines) is 1. The van der Waals surface area contributed by atoms with Gasteiger partial charge in [0, 0.05) is 63.6 Å². The van der Waals surface area contributed by atoms with E-state index in [1.165, 1.54) is 19.2 Å². The van der Waals surface area contributed by atoms with Crippen LogP contribution in [0.1, 0.15) is 23.2 Å². The average molecular weight is 470 g/mol. The summed E-state index contributed by atoms with van der Waals surface area (Å²) in [6, 6.07) is 13.8. The normalized spacial score (nSPS) is 21.3. The van der Waals surface area contributed by atoms with Gasteiger partial charge in [0.25, 0.3) is 5.91 Å². The molecule has 2 aromatic carbocycles. The number of carbonyl (C=O) groups is 2. The van der Waals surface area contributed by atoms with Crippen LogP contribution in [0.5, 0.6) is 11.5 Å². The van der Waals surface area contributed by atoms with Gasteiger partial charge in [-0.1, -0.05) is 18.2 Å². The van der Waals surface area contributed by atoms with Crippen molar-refractivity contribution >= 4 is 11.8 Å². The summed E-state index contributed by atoms with van der Waals surface area (Å²) >= 11 is 0. The number of amides is 2. The van der Waals surface area contributed by atoms with Crippen LogP contribution in [0.4, 0.5) is 4.39 Å². The molecule has 8 heteroatoms. The van der Waals surface area contributed by atoms with Crippen LogP contribution < -0.4 is 9.47 Å². The Bertz CT molecular complexity index is 995. The largest absolute Gasteiger partial charge is 0.494 e. The lowest BCUT2D eigenvalue weighted by Crippen LogP contribution is -2.51. The van der Waals surface area contributed by atoms with Gasteiger partial charge in [-0.3, -0.25) is 9.59 Å². The lowest BCUT2D eigenvalue weighted by molar-refractivity contribution is -0.135. The number of carbonyl (C=O) groups excluding carboxylic acids is 2. The Kier molecular flexibility index (Phi) is 7.67. The molecule has 2 fully saturated rings. The Morgan fingerprint density at radius 2 is 1.74 bits per heavy atom. The van der Waals surface area contributed by atoms with Gasteiger partial charge in [0.05, 0.1) is 7.11 Å². The minimum absolute atomic E-state index is 0.0875. The van der Waals surface area contributed by atoms with Gasteiger partial charge < -0.3 is 24.2 Å². The molecule has 0 aromatic heterocycles. The van der Waals surface area contributed by atoms with E-state index < -0.39 is 5.82 Å². The maximum absolute atomic E-state index is 14.2. The summed E-state index contributed by atoms with van der Waals surface area (Å²) in [4.78, 5) is 32.1. The average Bonchev–Trinajstić information content (AvgIpc) is 2.85. The molecule has 0 N–H and O–H groups in total. The summed E-state index contributed by atoms with van der Waals surface area (Å²) in [5.74, 6) is -0.0457. The smallest absolute Gasteiger partial charge is 0.253 e.